The quantitative estimate of drug-likeness (QED) is 0.917. The second kappa shape index (κ2) is 6.22. The van der Waals surface area contributed by atoms with Crippen molar-refractivity contribution in [2.75, 3.05) is 13.1 Å². The van der Waals surface area contributed by atoms with E-state index < -0.39 is 0 Å². The first kappa shape index (κ1) is 14.0. The topological polar surface area (TPSA) is 59.2 Å². The molecule has 1 heterocycles. The molecule has 1 aliphatic rings. The van der Waals surface area contributed by atoms with Crippen LogP contribution >= 0.6 is 0 Å². The third-order valence-electron chi connectivity index (χ3n) is 4.26. The highest BCUT2D eigenvalue weighted by Gasteiger charge is 2.30. The van der Waals surface area contributed by atoms with Crippen LogP contribution in [0.5, 0.6) is 0 Å². The van der Waals surface area contributed by atoms with Gasteiger partial charge in [0.1, 0.15) is 5.69 Å². The normalized spacial score (nSPS) is 14.9. The molecule has 0 radical (unpaired) electrons. The van der Waals surface area contributed by atoms with E-state index in [4.69, 9.17) is 5.73 Å². The number of hydrogen-bond acceptors (Lipinski definition) is 3. The van der Waals surface area contributed by atoms with Crippen LogP contribution in [0.2, 0.25) is 0 Å². The van der Waals surface area contributed by atoms with E-state index in [1.54, 1.807) is 6.20 Å². The lowest BCUT2D eigenvalue weighted by atomic mass is 9.91. The van der Waals surface area contributed by atoms with Gasteiger partial charge in [-0.25, -0.2) is 0 Å². The van der Waals surface area contributed by atoms with E-state index in [0.29, 0.717) is 18.3 Å². The highest BCUT2D eigenvalue weighted by Crippen LogP contribution is 2.27. The van der Waals surface area contributed by atoms with Crippen molar-refractivity contribution < 1.29 is 4.79 Å². The Hall–Kier alpha value is -1.94. The largest absolute Gasteiger partial charge is 0.334 e. The van der Waals surface area contributed by atoms with Crippen molar-refractivity contribution in [3.63, 3.8) is 0 Å². The smallest absolute Gasteiger partial charge is 0.273 e. The van der Waals surface area contributed by atoms with Gasteiger partial charge in [0.15, 0.2) is 0 Å². The van der Waals surface area contributed by atoms with Gasteiger partial charge in [-0.2, -0.15) is 0 Å². The second-order valence-electron chi connectivity index (χ2n) is 5.61. The number of fused-ring (bicyclic) bond motifs is 1. The molecule has 1 aromatic carbocycles. The number of amides is 1. The van der Waals surface area contributed by atoms with Crippen molar-refractivity contribution in [3.8, 4) is 0 Å². The van der Waals surface area contributed by atoms with Crippen molar-refractivity contribution in [1.82, 2.24) is 9.88 Å². The van der Waals surface area contributed by atoms with Gasteiger partial charge in [0.05, 0.1) is 0 Å². The summed E-state index contributed by atoms with van der Waals surface area (Å²) in [5.41, 5.74) is 6.18. The molecule has 2 aromatic rings. The van der Waals surface area contributed by atoms with Crippen molar-refractivity contribution in [3.05, 3.63) is 42.2 Å². The first-order valence-electron chi connectivity index (χ1n) is 7.66. The van der Waals surface area contributed by atoms with Gasteiger partial charge in [-0.15, -0.1) is 0 Å². The van der Waals surface area contributed by atoms with E-state index in [1.807, 2.05) is 35.2 Å². The maximum atomic E-state index is 12.9. The molecule has 1 aromatic heterocycles. The Morgan fingerprint density at radius 2 is 2.10 bits per heavy atom. The zero-order valence-electron chi connectivity index (χ0n) is 12.2. The maximum absolute atomic E-state index is 12.9. The number of aromatic nitrogens is 1. The lowest BCUT2D eigenvalue weighted by Crippen LogP contribution is -2.45. The molecule has 0 bridgehead atoms. The van der Waals surface area contributed by atoms with Crippen LogP contribution in [-0.4, -0.2) is 34.9 Å². The zero-order valence-corrected chi connectivity index (χ0v) is 12.2. The van der Waals surface area contributed by atoms with Crippen molar-refractivity contribution in [2.24, 2.45) is 5.73 Å². The molecule has 0 unspecified atom stereocenters. The third-order valence-corrected chi connectivity index (χ3v) is 4.26. The Morgan fingerprint density at radius 3 is 2.81 bits per heavy atom. The van der Waals surface area contributed by atoms with Crippen LogP contribution < -0.4 is 5.73 Å². The summed E-state index contributed by atoms with van der Waals surface area (Å²) in [5, 5.41) is 1.99. The molecule has 0 aliphatic heterocycles. The van der Waals surface area contributed by atoms with Gasteiger partial charge in [-0.1, -0.05) is 24.3 Å². The molecule has 4 nitrogen and oxygen atoms in total. The van der Waals surface area contributed by atoms with Crippen LogP contribution in [0, 0.1) is 0 Å². The Balaban J connectivity index is 1.93. The highest BCUT2D eigenvalue weighted by atomic mass is 16.2. The first-order chi connectivity index (χ1) is 10.3. The van der Waals surface area contributed by atoms with E-state index in [0.717, 1.165) is 36.6 Å². The minimum Gasteiger partial charge on any atom is -0.334 e. The third kappa shape index (κ3) is 2.76. The molecule has 1 saturated carbocycles. The monoisotopic (exact) mass is 283 g/mol. The number of carbonyl (C=O) groups excluding carboxylic acids is 1. The highest BCUT2D eigenvalue weighted by molar-refractivity contribution is 6.05. The van der Waals surface area contributed by atoms with Crippen molar-refractivity contribution >= 4 is 16.7 Å². The molecule has 3 rings (SSSR count). The average molecular weight is 283 g/mol. The number of benzene rings is 1. The number of nitrogens with two attached hydrogens (primary N) is 1. The maximum Gasteiger partial charge on any atom is 0.273 e. The Labute approximate surface area is 125 Å². The molecule has 1 fully saturated rings. The van der Waals surface area contributed by atoms with E-state index in [9.17, 15) is 4.79 Å². The number of rotatable bonds is 5. The summed E-state index contributed by atoms with van der Waals surface area (Å²) in [5.74, 6) is 0.0463. The van der Waals surface area contributed by atoms with Crippen LogP contribution in [0.4, 0.5) is 0 Å². The average Bonchev–Trinajstić information content (AvgIpc) is 2.48. The predicted molar refractivity (Wildman–Crippen MR) is 84.1 cm³/mol. The molecule has 2 N–H and O–H groups in total. The number of carbonyl (C=O) groups is 1. The summed E-state index contributed by atoms with van der Waals surface area (Å²) in [6.45, 7) is 1.34. The van der Waals surface area contributed by atoms with Crippen LogP contribution in [0.15, 0.2) is 36.5 Å². The summed E-state index contributed by atoms with van der Waals surface area (Å²) >= 11 is 0. The van der Waals surface area contributed by atoms with Gasteiger partial charge in [0.2, 0.25) is 0 Å². The molecular weight excluding hydrogens is 262 g/mol. The fraction of sp³-hybridized carbons (Fsp3) is 0.412. The predicted octanol–water partition coefficient (Wildman–Crippen LogP) is 2.58. The minimum absolute atomic E-state index is 0.0463. The first-order valence-corrected chi connectivity index (χ1v) is 7.66. The Kier molecular flexibility index (Phi) is 4.15. The minimum atomic E-state index is 0.0463. The lowest BCUT2D eigenvalue weighted by Gasteiger charge is -2.37. The molecule has 1 aliphatic carbocycles. The summed E-state index contributed by atoms with van der Waals surface area (Å²) in [6.07, 6.45) is 5.96. The lowest BCUT2D eigenvalue weighted by molar-refractivity contribution is 0.0574. The molecule has 4 heteroatoms. The van der Waals surface area contributed by atoms with Crippen LogP contribution in [-0.2, 0) is 0 Å². The molecule has 0 spiro atoms. The SMILES string of the molecule is NCCCN(C(=O)c1nccc2ccccc12)C1CCC1. The van der Waals surface area contributed by atoms with Gasteiger partial charge in [0.25, 0.3) is 5.91 Å². The van der Waals surface area contributed by atoms with Gasteiger partial charge in [-0.05, 0) is 43.7 Å². The molecule has 21 heavy (non-hydrogen) atoms. The molecule has 0 saturated heterocycles. The molecule has 0 atom stereocenters. The Morgan fingerprint density at radius 1 is 1.29 bits per heavy atom. The van der Waals surface area contributed by atoms with E-state index >= 15 is 0 Å². The number of nitrogens with zero attached hydrogens (tertiary/aromatic N) is 2. The van der Waals surface area contributed by atoms with Crippen molar-refractivity contribution in [1.29, 1.82) is 0 Å². The van der Waals surface area contributed by atoms with E-state index in [-0.39, 0.29) is 5.91 Å². The molecular formula is C17H21N3O. The summed E-state index contributed by atoms with van der Waals surface area (Å²) in [7, 11) is 0. The van der Waals surface area contributed by atoms with Gasteiger partial charge >= 0.3 is 0 Å². The van der Waals surface area contributed by atoms with E-state index in [1.165, 1.54) is 6.42 Å². The number of hydrogen-bond donors (Lipinski definition) is 1. The molecule has 110 valence electrons. The summed E-state index contributed by atoms with van der Waals surface area (Å²) < 4.78 is 0. The molecule has 1 amide bonds. The fourth-order valence-corrected chi connectivity index (χ4v) is 2.84. The zero-order chi connectivity index (χ0) is 14.7. The van der Waals surface area contributed by atoms with Gasteiger partial charge < -0.3 is 10.6 Å². The van der Waals surface area contributed by atoms with Gasteiger partial charge in [0, 0.05) is 24.2 Å². The van der Waals surface area contributed by atoms with Gasteiger partial charge in [-0.3, -0.25) is 9.78 Å². The van der Waals surface area contributed by atoms with Crippen LogP contribution in [0.25, 0.3) is 10.8 Å². The fourth-order valence-electron chi connectivity index (χ4n) is 2.84. The number of pyridine rings is 1. The Bertz CT molecular complexity index is 631. The standard InChI is InChI=1S/C17H21N3O/c18-10-4-12-20(14-6-3-7-14)17(21)16-15-8-2-1-5-13(15)9-11-19-16/h1-2,5,8-9,11,14H,3-4,6-7,10,12,18H2. The summed E-state index contributed by atoms with van der Waals surface area (Å²) in [4.78, 5) is 19.3. The van der Waals surface area contributed by atoms with Crippen molar-refractivity contribution in [2.45, 2.75) is 31.7 Å². The van der Waals surface area contributed by atoms with Crippen LogP contribution in [0.3, 0.4) is 0 Å². The summed E-state index contributed by atoms with van der Waals surface area (Å²) in [6, 6.07) is 10.2. The van der Waals surface area contributed by atoms with Crippen LogP contribution in [0.1, 0.15) is 36.2 Å². The van der Waals surface area contributed by atoms with E-state index in [2.05, 4.69) is 4.98 Å². The second-order valence-corrected chi connectivity index (χ2v) is 5.61.